The second-order valence-corrected chi connectivity index (χ2v) is 7.32. The molecule has 0 N–H and O–H groups in total. The highest BCUT2D eigenvalue weighted by atomic mass is 15.2. The van der Waals surface area contributed by atoms with Crippen molar-refractivity contribution in [2.24, 2.45) is 0 Å². The predicted molar refractivity (Wildman–Crippen MR) is 94.3 cm³/mol. The van der Waals surface area contributed by atoms with Gasteiger partial charge in [-0.3, -0.25) is 0 Å². The van der Waals surface area contributed by atoms with E-state index in [1.54, 1.807) is 0 Å². The number of rotatable bonds is 4. The van der Waals surface area contributed by atoms with E-state index in [-0.39, 0.29) is 5.41 Å². The van der Waals surface area contributed by atoms with Gasteiger partial charge in [-0.15, -0.1) is 0 Å². The Kier molecular flexibility index (Phi) is 5.35. The molecular weight excluding hydrogens is 282 g/mol. The molecule has 3 nitrogen and oxygen atoms in total. The summed E-state index contributed by atoms with van der Waals surface area (Å²) in [4.78, 5) is 5.11. The van der Waals surface area contributed by atoms with E-state index >= 15 is 0 Å². The van der Waals surface area contributed by atoms with Crippen molar-refractivity contribution in [2.75, 3.05) is 33.2 Å². The Balaban J connectivity index is 1.53. The third kappa shape index (κ3) is 3.76. The van der Waals surface area contributed by atoms with E-state index in [1.807, 2.05) is 6.07 Å². The van der Waals surface area contributed by atoms with Crippen LogP contribution < -0.4 is 0 Å². The summed E-state index contributed by atoms with van der Waals surface area (Å²) in [6, 6.07) is 13.8. The largest absolute Gasteiger partial charge is 0.303 e. The quantitative estimate of drug-likeness (QED) is 0.853. The number of nitriles is 1. The molecule has 2 saturated heterocycles. The van der Waals surface area contributed by atoms with Gasteiger partial charge in [0.25, 0.3) is 0 Å². The van der Waals surface area contributed by atoms with Gasteiger partial charge in [-0.05, 0) is 70.9 Å². The summed E-state index contributed by atoms with van der Waals surface area (Å²) in [7, 11) is 2.27. The van der Waals surface area contributed by atoms with Crippen molar-refractivity contribution >= 4 is 0 Å². The summed E-state index contributed by atoms with van der Waals surface area (Å²) >= 11 is 0. The molecule has 0 unspecified atom stereocenters. The second kappa shape index (κ2) is 7.47. The first-order valence-corrected chi connectivity index (χ1v) is 9.13. The lowest BCUT2D eigenvalue weighted by molar-refractivity contribution is 0.134. The molecule has 2 fully saturated rings. The smallest absolute Gasteiger partial charge is 0.0846 e. The Bertz CT molecular complexity index is 526. The zero-order valence-electron chi connectivity index (χ0n) is 14.4. The molecule has 124 valence electrons. The molecule has 0 saturated carbocycles. The lowest BCUT2D eigenvalue weighted by Crippen LogP contribution is -2.44. The molecule has 0 spiro atoms. The van der Waals surface area contributed by atoms with Crippen molar-refractivity contribution in [3.8, 4) is 6.07 Å². The Morgan fingerprint density at radius 2 is 1.87 bits per heavy atom. The van der Waals surface area contributed by atoms with Crippen molar-refractivity contribution in [2.45, 2.75) is 50.0 Å². The van der Waals surface area contributed by atoms with E-state index in [2.05, 4.69) is 47.2 Å². The molecule has 0 bridgehead atoms. The van der Waals surface area contributed by atoms with Crippen LogP contribution in [0.15, 0.2) is 30.3 Å². The average molecular weight is 311 g/mol. The van der Waals surface area contributed by atoms with Crippen LogP contribution in [0.3, 0.4) is 0 Å². The van der Waals surface area contributed by atoms with Gasteiger partial charge in [0.2, 0.25) is 0 Å². The highest BCUT2D eigenvalue weighted by Gasteiger charge is 2.36. The van der Waals surface area contributed by atoms with Gasteiger partial charge in [0.1, 0.15) is 0 Å². The molecule has 1 aromatic rings. The summed E-state index contributed by atoms with van der Waals surface area (Å²) in [6.45, 7) is 4.55. The maximum Gasteiger partial charge on any atom is 0.0846 e. The monoisotopic (exact) mass is 311 g/mol. The first-order chi connectivity index (χ1) is 11.2. The fraction of sp³-hybridized carbons (Fsp3) is 0.650. The van der Waals surface area contributed by atoms with Crippen LogP contribution in [0.2, 0.25) is 0 Å². The van der Waals surface area contributed by atoms with Crippen LogP contribution in [0, 0.1) is 11.3 Å². The maximum atomic E-state index is 9.77. The Labute approximate surface area is 140 Å². The van der Waals surface area contributed by atoms with Gasteiger partial charge in [-0.1, -0.05) is 36.8 Å². The number of hydrogen-bond donors (Lipinski definition) is 0. The Morgan fingerprint density at radius 1 is 1.13 bits per heavy atom. The van der Waals surface area contributed by atoms with Gasteiger partial charge < -0.3 is 9.80 Å². The highest BCUT2D eigenvalue weighted by Crippen LogP contribution is 2.35. The predicted octanol–water partition coefficient (Wildman–Crippen LogP) is 3.42. The first kappa shape index (κ1) is 16.5. The summed E-state index contributed by atoms with van der Waals surface area (Å²) in [5.74, 6) is 0. The van der Waals surface area contributed by atoms with E-state index in [4.69, 9.17) is 0 Å². The lowest BCUT2D eigenvalue weighted by atomic mass is 9.74. The molecule has 2 aliphatic heterocycles. The van der Waals surface area contributed by atoms with E-state index in [0.29, 0.717) is 0 Å². The fourth-order valence-corrected chi connectivity index (χ4v) is 4.22. The van der Waals surface area contributed by atoms with Crippen LogP contribution in [-0.2, 0) is 5.41 Å². The van der Waals surface area contributed by atoms with Crippen LogP contribution in [0.25, 0.3) is 0 Å². The highest BCUT2D eigenvalue weighted by molar-refractivity contribution is 5.33. The topological polar surface area (TPSA) is 30.3 Å². The summed E-state index contributed by atoms with van der Waals surface area (Å²) in [5, 5.41) is 9.77. The van der Waals surface area contributed by atoms with Crippen molar-refractivity contribution in [3.63, 3.8) is 0 Å². The minimum atomic E-state index is -0.264. The number of piperidine rings is 2. The number of nitrogens with zero attached hydrogens (tertiary/aromatic N) is 3. The Morgan fingerprint density at radius 3 is 2.52 bits per heavy atom. The van der Waals surface area contributed by atoms with Crippen LogP contribution in [0.1, 0.15) is 44.1 Å². The maximum absolute atomic E-state index is 9.77. The summed E-state index contributed by atoms with van der Waals surface area (Å²) in [5.41, 5.74) is 0.938. The lowest BCUT2D eigenvalue weighted by Gasteiger charge is -2.39. The van der Waals surface area contributed by atoms with E-state index in [9.17, 15) is 5.26 Å². The number of hydrogen-bond acceptors (Lipinski definition) is 3. The molecule has 2 heterocycles. The van der Waals surface area contributed by atoms with Gasteiger partial charge in [0.05, 0.1) is 11.5 Å². The minimum absolute atomic E-state index is 0.264. The van der Waals surface area contributed by atoms with Crippen molar-refractivity contribution in [1.29, 1.82) is 5.26 Å². The zero-order chi connectivity index (χ0) is 16.1. The standard InChI is InChI=1S/C20H29N3/c1-22-13-6-5-9-19(22)10-14-23-15-11-20(17-21,12-16-23)18-7-3-2-4-8-18/h2-4,7-8,19H,5-6,9-16H2,1H3/t19-/m1/s1. The van der Waals surface area contributed by atoms with Gasteiger partial charge in [0.15, 0.2) is 0 Å². The SMILES string of the molecule is CN1CCCC[C@@H]1CCN1CCC(C#N)(c2ccccc2)CC1. The zero-order valence-corrected chi connectivity index (χ0v) is 14.4. The first-order valence-electron chi connectivity index (χ1n) is 9.13. The molecular formula is C20H29N3. The molecule has 0 aromatic heterocycles. The number of likely N-dealkylation sites (tertiary alicyclic amines) is 2. The molecule has 3 heteroatoms. The summed E-state index contributed by atoms with van der Waals surface area (Å²) < 4.78 is 0. The van der Waals surface area contributed by atoms with Crippen molar-refractivity contribution in [1.82, 2.24) is 9.80 Å². The molecule has 23 heavy (non-hydrogen) atoms. The van der Waals surface area contributed by atoms with E-state index in [1.165, 1.54) is 44.3 Å². The summed E-state index contributed by atoms with van der Waals surface area (Å²) in [6.07, 6.45) is 7.32. The molecule has 1 atom stereocenters. The molecule has 0 amide bonds. The van der Waals surface area contributed by atoms with Crippen molar-refractivity contribution < 1.29 is 0 Å². The van der Waals surface area contributed by atoms with Crippen LogP contribution in [-0.4, -0.2) is 49.1 Å². The van der Waals surface area contributed by atoms with Gasteiger partial charge >= 0.3 is 0 Å². The molecule has 3 rings (SSSR count). The van der Waals surface area contributed by atoms with Crippen LogP contribution >= 0.6 is 0 Å². The fourth-order valence-electron chi connectivity index (χ4n) is 4.22. The molecule has 2 aliphatic rings. The normalized spacial score (nSPS) is 25.8. The van der Waals surface area contributed by atoms with Crippen molar-refractivity contribution in [3.05, 3.63) is 35.9 Å². The average Bonchev–Trinajstić information content (AvgIpc) is 2.62. The van der Waals surface area contributed by atoms with E-state index in [0.717, 1.165) is 32.0 Å². The van der Waals surface area contributed by atoms with Crippen LogP contribution in [0.5, 0.6) is 0 Å². The Hall–Kier alpha value is -1.37. The van der Waals surface area contributed by atoms with Gasteiger partial charge in [-0.25, -0.2) is 0 Å². The molecule has 1 aromatic carbocycles. The minimum Gasteiger partial charge on any atom is -0.303 e. The third-order valence-electron chi connectivity index (χ3n) is 5.95. The second-order valence-electron chi connectivity index (χ2n) is 7.32. The van der Waals surface area contributed by atoms with Crippen LogP contribution in [0.4, 0.5) is 0 Å². The van der Waals surface area contributed by atoms with E-state index < -0.39 is 0 Å². The van der Waals surface area contributed by atoms with Gasteiger partial charge in [-0.2, -0.15) is 5.26 Å². The molecule has 0 radical (unpaired) electrons. The van der Waals surface area contributed by atoms with Gasteiger partial charge in [0, 0.05) is 6.04 Å². The molecule has 0 aliphatic carbocycles. The number of benzene rings is 1. The third-order valence-corrected chi connectivity index (χ3v) is 5.95.